The second-order valence-electron chi connectivity index (χ2n) is 4.19. The zero-order chi connectivity index (χ0) is 7.03. The van der Waals surface area contributed by atoms with Crippen LogP contribution in [0.3, 0.4) is 0 Å². The average Bonchev–Trinajstić information content (AvgIpc) is 2.83. The fourth-order valence-corrected chi connectivity index (χ4v) is 1.65. The zero-order valence-corrected chi connectivity index (χ0v) is 6.60. The Bertz CT molecular complexity index is 123. The highest BCUT2D eigenvalue weighted by atomic mass is 14.6. The fourth-order valence-electron chi connectivity index (χ4n) is 1.65. The summed E-state index contributed by atoms with van der Waals surface area (Å²) in [5.74, 6) is 1.10. The van der Waals surface area contributed by atoms with Gasteiger partial charge in [0, 0.05) is 0 Å². The van der Waals surface area contributed by atoms with E-state index >= 15 is 0 Å². The highest BCUT2D eigenvalue weighted by Gasteiger charge is 2.41. The molecule has 0 heterocycles. The molecule has 0 spiro atoms. The third-order valence-corrected chi connectivity index (χ3v) is 3.17. The van der Waals surface area contributed by atoms with Crippen LogP contribution in [0.1, 0.15) is 38.5 Å². The predicted octanol–water partition coefficient (Wildman–Crippen LogP) is 1.92. The molecule has 0 amide bonds. The van der Waals surface area contributed by atoms with Crippen molar-refractivity contribution in [3.63, 3.8) is 0 Å². The third kappa shape index (κ3) is 1.34. The summed E-state index contributed by atoms with van der Waals surface area (Å²) in [6, 6.07) is 0. The molecule has 0 aromatic rings. The highest BCUT2D eigenvalue weighted by molar-refractivity contribution is 4.94. The fraction of sp³-hybridized carbons (Fsp3) is 1.00. The molecular formula is C9H17N. The Hall–Kier alpha value is -0.0400. The highest BCUT2D eigenvalue weighted by Crippen LogP contribution is 2.51. The van der Waals surface area contributed by atoms with Crippen LogP contribution in [0, 0.1) is 11.3 Å². The molecule has 0 aromatic heterocycles. The van der Waals surface area contributed by atoms with Crippen LogP contribution in [0.2, 0.25) is 0 Å². The van der Waals surface area contributed by atoms with Crippen molar-refractivity contribution in [1.29, 1.82) is 0 Å². The van der Waals surface area contributed by atoms with Gasteiger partial charge in [-0.25, -0.2) is 0 Å². The first-order valence-corrected chi connectivity index (χ1v) is 4.55. The topological polar surface area (TPSA) is 26.0 Å². The monoisotopic (exact) mass is 139 g/mol. The van der Waals surface area contributed by atoms with Crippen LogP contribution in [0.15, 0.2) is 0 Å². The molecule has 0 saturated heterocycles. The maximum Gasteiger partial charge on any atom is -0.00205 e. The molecule has 2 aliphatic carbocycles. The maximum atomic E-state index is 5.68. The van der Waals surface area contributed by atoms with E-state index in [0.717, 1.165) is 12.5 Å². The molecule has 10 heavy (non-hydrogen) atoms. The molecule has 0 aromatic carbocycles. The Morgan fingerprint density at radius 3 is 2.40 bits per heavy atom. The van der Waals surface area contributed by atoms with E-state index in [1.807, 2.05) is 0 Å². The Labute approximate surface area is 63.0 Å². The summed E-state index contributed by atoms with van der Waals surface area (Å²) in [4.78, 5) is 0. The molecular weight excluding hydrogens is 122 g/mol. The molecule has 1 heteroatoms. The van der Waals surface area contributed by atoms with Crippen LogP contribution in [-0.2, 0) is 0 Å². The van der Waals surface area contributed by atoms with Crippen LogP contribution in [-0.4, -0.2) is 6.54 Å². The summed E-state index contributed by atoms with van der Waals surface area (Å²) < 4.78 is 0. The molecule has 0 atom stereocenters. The minimum Gasteiger partial charge on any atom is -0.330 e. The quantitative estimate of drug-likeness (QED) is 0.632. The van der Waals surface area contributed by atoms with Gasteiger partial charge in [0.2, 0.25) is 0 Å². The van der Waals surface area contributed by atoms with E-state index in [0.29, 0.717) is 5.41 Å². The van der Waals surface area contributed by atoms with Crippen molar-refractivity contribution >= 4 is 0 Å². The first kappa shape index (κ1) is 6.66. The van der Waals surface area contributed by atoms with Gasteiger partial charge in [-0.3, -0.25) is 0 Å². The summed E-state index contributed by atoms with van der Waals surface area (Å²) in [7, 11) is 0. The van der Waals surface area contributed by atoms with E-state index < -0.39 is 0 Å². The lowest BCUT2D eigenvalue weighted by atomic mass is 9.99. The maximum absolute atomic E-state index is 5.68. The van der Waals surface area contributed by atoms with Gasteiger partial charge in [-0.1, -0.05) is 12.8 Å². The number of hydrogen-bond acceptors (Lipinski definition) is 1. The first-order valence-electron chi connectivity index (χ1n) is 4.55. The lowest BCUT2D eigenvalue weighted by Gasteiger charge is -2.10. The van der Waals surface area contributed by atoms with Crippen molar-refractivity contribution in [3.8, 4) is 0 Å². The van der Waals surface area contributed by atoms with Crippen LogP contribution in [0.5, 0.6) is 0 Å². The summed E-state index contributed by atoms with van der Waals surface area (Å²) in [6.07, 6.45) is 8.72. The van der Waals surface area contributed by atoms with Gasteiger partial charge in [-0.15, -0.1) is 0 Å². The molecule has 2 N–H and O–H groups in total. The number of nitrogens with two attached hydrogens (primary N) is 1. The third-order valence-electron chi connectivity index (χ3n) is 3.17. The zero-order valence-electron chi connectivity index (χ0n) is 6.60. The smallest absolute Gasteiger partial charge is 0.00205 e. The summed E-state index contributed by atoms with van der Waals surface area (Å²) in [6.45, 7) is 0.944. The normalized spacial score (nSPS) is 28.5. The lowest BCUT2D eigenvalue weighted by molar-refractivity contribution is 0.443. The van der Waals surface area contributed by atoms with Gasteiger partial charge in [0.1, 0.15) is 0 Å². The van der Waals surface area contributed by atoms with Gasteiger partial charge in [0.25, 0.3) is 0 Å². The largest absolute Gasteiger partial charge is 0.330 e. The van der Waals surface area contributed by atoms with Gasteiger partial charge in [-0.05, 0) is 43.6 Å². The Balaban J connectivity index is 1.68. The summed E-state index contributed by atoms with van der Waals surface area (Å²) >= 11 is 0. The first-order chi connectivity index (χ1) is 4.85. The van der Waals surface area contributed by atoms with Crippen molar-refractivity contribution in [2.24, 2.45) is 17.1 Å². The molecule has 1 nitrogen and oxygen atoms in total. The second-order valence-corrected chi connectivity index (χ2v) is 4.19. The predicted molar refractivity (Wildman–Crippen MR) is 42.7 cm³/mol. The summed E-state index contributed by atoms with van der Waals surface area (Å²) in [5.41, 5.74) is 6.32. The Kier molecular flexibility index (Phi) is 1.48. The molecule has 2 saturated carbocycles. The van der Waals surface area contributed by atoms with Gasteiger partial charge >= 0.3 is 0 Å². The molecule has 2 fully saturated rings. The summed E-state index contributed by atoms with van der Waals surface area (Å²) in [5, 5.41) is 0. The van der Waals surface area contributed by atoms with Gasteiger partial charge in [0.15, 0.2) is 0 Å². The van der Waals surface area contributed by atoms with Crippen LogP contribution < -0.4 is 5.73 Å². The number of rotatable bonds is 4. The van der Waals surface area contributed by atoms with Crippen molar-refractivity contribution in [1.82, 2.24) is 0 Å². The molecule has 0 aliphatic heterocycles. The van der Waals surface area contributed by atoms with Gasteiger partial charge in [0.05, 0.1) is 0 Å². The van der Waals surface area contributed by atoms with Crippen LogP contribution in [0.4, 0.5) is 0 Å². The molecule has 0 bridgehead atoms. The SMILES string of the molecule is NCC1(CCC2CC2)CC1. The van der Waals surface area contributed by atoms with Gasteiger partial charge < -0.3 is 5.73 Å². The van der Waals surface area contributed by atoms with E-state index in [1.54, 1.807) is 0 Å². The van der Waals surface area contributed by atoms with Gasteiger partial charge in [-0.2, -0.15) is 0 Å². The molecule has 2 rings (SSSR count). The van der Waals surface area contributed by atoms with Crippen molar-refractivity contribution < 1.29 is 0 Å². The van der Waals surface area contributed by atoms with Crippen molar-refractivity contribution in [3.05, 3.63) is 0 Å². The average molecular weight is 139 g/mol. The number of hydrogen-bond donors (Lipinski definition) is 1. The van der Waals surface area contributed by atoms with Crippen molar-refractivity contribution in [2.75, 3.05) is 6.54 Å². The molecule has 0 radical (unpaired) electrons. The minimum absolute atomic E-state index is 0.641. The standard InChI is InChI=1S/C9H17N/c10-7-9(5-6-9)4-3-8-1-2-8/h8H,1-7,10H2. The molecule has 58 valence electrons. The van der Waals surface area contributed by atoms with Crippen molar-refractivity contribution in [2.45, 2.75) is 38.5 Å². The second kappa shape index (κ2) is 2.23. The lowest BCUT2D eigenvalue weighted by Crippen LogP contribution is -2.15. The van der Waals surface area contributed by atoms with E-state index in [2.05, 4.69) is 0 Å². The van der Waals surface area contributed by atoms with E-state index in [1.165, 1.54) is 38.5 Å². The Morgan fingerprint density at radius 2 is 2.00 bits per heavy atom. The van der Waals surface area contributed by atoms with E-state index in [-0.39, 0.29) is 0 Å². The van der Waals surface area contributed by atoms with E-state index in [4.69, 9.17) is 5.73 Å². The Morgan fingerprint density at radius 1 is 1.30 bits per heavy atom. The van der Waals surface area contributed by atoms with Crippen LogP contribution in [0.25, 0.3) is 0 Å². The van der Waals surface area contributed by atoms with E-state index in [9.17, 15) is 0 Å². The minimum atomic E-state index is 0.641. The van der Waals surface area contributed by atoms with Crippen LogP contribution >= 0.6 is 0 Å². The molecule has 0 unspecified atom stereocenters. The molecule has 2 aliphatic rings.